The molecule has 1 rings (SSSR count). The van der Waals surface area contributed by atoms with Crippen LogP contribution in [0.25, 0.3) is 0 Å². The molecule has 0 spiro atoms. The number of hydrogen-bond acceptors (Lipinski definition) is 2. The van der Waals surface area contributed by atoms with Crippen LogP contribution in [0.3, 0.4) is 0 Å². The molecule has 0 N–H and O–H groups in total. The summed E-state index contributed by atoms with van der Waals surface area (Å²) in [5, 5.41) is 0. The summed E-state index contributed by atoms with van der Waals surface area (Å²) in [6.07, 6.45) is 6.92. The number of aromatic nitrogens is 1. The molecule has 1 atom stereocenters. The normalized spacial score (nSPS) is 13.2. The lowest BCUT2D eigenvalue weighted by Crippen LogP contribution is -2.04. The maximum Gasteiger partial charge on any atom is 0.0409 e. The lowest BCUT2D eigenvalue weighted by Gasteiger charge is -2.13. The van der Waals surface area contributed by atoms with Crippen molar-refractivity contribution in [2.45, 2.75) is 47.0 Å². The SMILES string of the molecule is C=N/C=C(\C=C(C)C)C(C)Cc1ccc(C(C)C)cn1. The first-order valence-electron chi connectivity index (χ1n) is 7.19. The van der Waals surface area contributed by atoms with Gasteiger partial charge in [-0.2, -0.15) is 0 Å². The Balaban J connectivity index is 2.83. The summed E-state index contributed by atoms with van der Waals surface area (Å²) in [5.74, 6) is 0.910. The van der Waals surface area contributed by atoms with Crippen molar-refractivity contribution in [2.75, 3.05) is 0 Å². The van der Waals surface area contributed by atoms with Crippen molar-refractivity contribution in [1.29, 1.82) is 0 Å². The third-order valence-corrected chi connectivity index (χ3v) is 3.29. The average molecular weight is 270 g/mol. The molecule has 0 saturated carbocycles. The molecule has 0 radical (unpaired) electrons. The second-order valence-corrected chi connectivity index (χ2v) is 5.88. The summed E-state index contributed by atoms with van der Waals surface area (Å²) >= 11 is 0. The number of aliphatic imine (C=N–C) groups is 1. The van der Waals surface area contributed by atoms with Crippen LogP contribution in [0.2, 0.25) is 0 Å². The molecule has 0 aromatic carbocycles. The molecule has 2 heteroatoms. The van der Waals surface area contributed by atoms with Gasteiger partial charge in [0.25, 0.3) is 0 Å². The minimum atomic E-state index is 0.382. The van der Waals surface area contributed by atoms with E-state index in [-0.39, 0.29) is 0 Å². The summed E-state index contributed by atoms with van der Waals surface area (Å²) in [6, 6.07) is 4.31. The molecule has 0 aliphatic heterocycles. The first-order chi connectivity index (χ1) is 9.43. The van der Waals surface area contributed by atoms with Crippen LogP contribution >= 0.6 is 0 Å². The van der Waals surface area contributed by atoms with Gasteiger partial charge in [-0.1, -0.05) is 38.5 Å². The molecular formula is C18H26N2. The number of allylic oxidation sites excluding steroid dienone is 3. The molecule has 1 aromatic rings. The largest absolute Gasteiger partial charge is 0.272 e. The van der Waals surface area contributed by atoms with E-state index in [1.807, 2.05) is 12.4 Å². The molecule has 0 saturated heterocycles. The van der Waals surface area contributed by atoms with Gasteiger partial charge in [0.2, 0.25) is 0 Å². The lowest BCUT2D eigenvalue weighted by atomic mass is 9.94. The van der Waals surface area contributed by atoms with Crippen LogP contribution < -0.4 is 0 Å². The zero-order valence-electron chi connectivity index (χ0n) is 13.4. The van der Waals surface area contributed by atoms with Gasteiger partial charge in [-0.15, -0.1) is 0 Å². The van der Waals surface area contributed by atoms with Gasteiger partial charge in [0.1, 0.15) is 0 Å². The van der Waals surface area contributed by atoms with E-state index in [1.165, 1.54) is 16.7 Å². The molecule has 20 heavy (non-hydrogen) atoms. The second-order valence-electron chi connectivity index (χ2n) is 5.88. The summed E-state index contributed by atoms with van der Waals surface area (Å²) < 4.78 is 0. The van der Waals surface area contributed by atoms with Crippen LogP contribution in [-0.2, 0) is 6.42 Å². The van der Waals surface area contributed by atoms with E-state index in [1.54, 1.807) is 0 Å². The highest BCUT2D eigenvalue weighted by atomic mass is 14.7. The number of pyridine rings is 1. The number of rotatable bonds is 6. The van der Waals surface area contributed by atoms with E-state index in [2.05, 4.69) is 69.5 Å². The Kier molecular flexibility index (Phi) is 6.37. The van der Waals surface area contributed by atoms with E-state index >= 15 is 0 Å². The second kappa shape index (κ2) is 7.78. The van der Waals surface area contributed by atoms with E-state index in [0.717, 1.165) is 12.1 Å². The minimum Gasteiger partial charge on any atom is -0.272 e. The van der Waals surface area contributed by atoms with E-state index in [4.69, 9.17) is 0 Å². The van der Waals surface area contributed by atoms with Gasteiger partial charge in [-0.3, -0.25) is 9.98 Å². The smallest absolute Gasteiger partial charge is 0.0409 e. The van der Waals surface area contributed by atoms with Gasteiger partial charge in [0.05, 0.1) is 0 Å². The number of nitrogens with zero attached hydrogens (tertiary/aromatic N) is 2. The van der Waals surface area contributed by atoms with E-state index in [0.29, 0.717) is 11.8 Å². The highest BCUT2D eigenvalue weighted by Gasteiger charge is 2.09. The Labute approximate surface area is 123 Å². The minimum absolute atomic E-state index is 0.382. The Morgan fingerprint density at radius 3 is 2.45 bits per heavy atom. The maximum atomic E-state index is 4.57. The summed E-state index contributed by atoms with van der Waals surface area (Å²) in [6.45, 7) is 14.3. The van der Waals surface area contributed by atoms with Gasteiger partial charge < -0.3 is 0 Å². The predicted molar refractivity (Wildman–Crippen MR) is 88.3 cm³/mol. The van der Waals surface area contributed by atoms with Gasteiger partial charge in [0, 0.05) is 18.1 Å². The summed E-state index contributed by atoms with van der Waals surface area (Å²) in [4.78, 5) is 8.48. The molecule has 0 bridgehead atoms. The lowest BCUT2D eigenvalue weighted by molar-refractivity contribution is 0.675. The van der Waals surface area contributed by atoms with Crippen molar-refractivity contribution in [3.8, 4) is 0 Å². The fourth-order valence-corrected chi connectivity index (χ4v) is 2.08. The topological polar surface area (TPSA) is 25.2 Å². The molecule has 0 amide bonds. The quantitative estimate of drug-likeness (QED) is 0.531. The van der Waals surface area contributed by atoms with E-state index < -0.39 is 0 Å². The third kappa shape index (κ3) is 5.12. The first kappa shape index (κ1) is 16.4. The molecular weight excluding hydrogens is 244 g/mol. The fraction of sp³-hybridized carbons (Fsp3) is 0.444. The van der Waals surface area contributed by atoms with Crippen LogP contribution in [-0.4, -0.2) is 11.7 Å². The van der Waals surface area contributed by atoms with Crippen molar-refractivity contribution in [2.24, 2.45) is 10.9 Å². The molecule has 2 nitrogen and oxygen atoms in total. The Hall–Kier alpha value is -1.70. The van der Waals surface area contributed by atoms with Crippen molar-refractivity contribution < 1.29 is 0 Å². The fourth-order valence-electron chi connectivity index (χ4n) is 2.08. The van der Waals surface area contributed by atoms with Crippen molar-refractivity contribution in [3.05, 3.63) is 53.0 Å². The average Bonchev–Trinajstić information content (AvgIpc) is 2.38. The van der Waals surface area contributed by atoms with Gasteiger partial charge >= 0.3 is 0 Å². The summed E-state index contributed by atoms with van der Waals surface area (Å²) in [5.41, 5.74) is 4.89. The van der Waals surface area contributed by atoms with Crippen LogP contribution in [0.5, 0.6) is 0 Å². The molecule has 108 valence electrons. The third-order valence-electron chi connectivity index (χ3n) is 3.29. The van der Waals surface area contributed by atoms with E-state index in [9.17, 15) is 0 Å². The Morgan fingerprint density at radius 2 is 2.00 bits per heavy atom. The standard InChI is InChI=1S/C18H26N2/c1-13(2)9-17(11-19-6)15(5)10-18-8-7-16(12-20-18)14(3)4/h7-9,11-12,14-15H,6,10H2,1-5H3/b17-11+. The predicted octanol–water partition coefficient (Wildman–Crippen LogP) is 4.93. The van der Waals surface area contributed by atoms with Crippen LogP contribution in [0.15, 0.2) is 46.7 Å². The van der Waals surface area contributed by atoms with Gasteiger partial charge in [0.15, 0.2) is 0 Å². The monoisotopic (exact) mass is 270 g/mol. The Bertz CT molecular complexity index is 489. The van der Waals surface area contributed by atoms with Crippen molar-refractivity contribution in [1.82, 2.24) is 4.98 Å². The zero-order chi connectivity index (χ0) is 15.1. The van der Waals surface area contributed by atoms with Crippen LogP contribution in [0.1, 0.15) is 51.8 Å². The molecule has 0 aliphatic carbocycles. The van der Waals surface area contributed by atoms with Gasteiger partial charge in [-0.25, -0.2) is 0 Å². The molecule has 1 heterocycles. The zero-order valence-corrected chi connectivity index (χ0v) is 13.4. The first-order valence-corrected chi connectivity index (χ1v) is 7.19. The molecule has 0 fully saturated rings. The summed E-state index contributed by atoms with van der Waals surface area (Å²) in [7, 11) is 0. The molecule has 1 aromatic heterocycles. The molecule has 0 aliphatic rings. The van der Waals surface area contributed by atoms with Crippen molar-refractivity contribution >= 4 is 6.72 Å². The van der Waals surface area contributed by atoms with Crippen molar-refractivity contribution in [3.63, 3.8) is 0 Å². The Morgan fingerprint density at radius 1 is 1.30 bits per heavy atom. The highest BCUT2D eigenvalue weighted by Crippen LogP contribution is 2.20. The van der Waals surface area contributed by atoms with Gasteiger partial charge in [-0.05, 0) is 56.0 Å². The van der Waals surface area contributed by atoms with Crippen LogP contribution in [0, 0.1) is 5.92 Å². The number of hydrogen-bond donors (Lipinski definition) is 0. The van der Waals surface area contributed by atoms with Crippen LogP contribution in [0.4, 0.5) is 0 Å². The maximum absolute atomic E-state index is 4.57. The highest BCUT2D eigenvalue weighted by molar-refractivity contribution is 5.31. The molecule has 1 unspecified atom stereocenters.